The number of nitrogens with zero attached hydrogens (tertiary/aromatic N) is 1. The monoisotopic (exact) mass is 197 g/mol. The molecule has 0 radical (unpaired) electrons. The molecular formula is C11H19NO2. The number of carbonyl (C=O) groups is 1. The third-order valence-electron chi connectivity index (χ3n) is 3.21. The molecule has 1 rings (SSSR count). The quantitative estimate of drug-likeness (QED) is 0.684. The lowest BCUT2D eigenvalue weighted by Crippen LogP contribution is -2.50. The van der Waals surface area contributed by atoms with Gasteiger partial charge in [-0.1, -0.05) is 13.0 Å². The Balaban J connectivity index is 2.72. The zero-order chi connectivity index (χ0) is 10.6. The molecule has 0 aromatic carbocycles. The van der Waals surface area contributed by atoms with Crippen LogP contribution in [0.2, 0.25) is 0 Å². The first-order valence-electron chi connectivity index (χ1n) is 5.26. The van der Waals surface area contributed by atoms with Crippen LogP contribution in [0.3, 0.4) is 0 Å². The zero-order valence-corrected chi connectivity index (χ0v) is 8.83. The van der Waals surface area contributed by atoms with E-state index in [9.17, 15) is 9.90 Å². The lowest BCUT2D eigenvalue weighted by atomic mass is 9.93. The molecule has 3 heteroatoms. The zero-order valence-electron chi connectivity index (χ0n) is 8.83. The molecule has 1 unspecified atom stereocenters. The molecule has 80 valence electrons. The Hall–Kier alpha value is -0.830. The number of carboxylic acids is 1. The predicted octanol–water partition coefficient (Wildman–Crippen LogP) is 1.89. The van der Waals surface area contributed by atoms with E-state index >= 15 is 0 Å². The Morgan fingerprint density at radius 1 is 1.71 bits per heavy atom. The number of hydrogen-bond acceptors (Lipinski definition) is 2. The fourth-order valence-electron chi connectivity index (χ4n) is 2.30. The van der Waals surface area contributed by atoms with Crippen molar-refractivity contribution in [3.8, 4) is 0 Å². The second-order valence-electron chi connectivity index (χ2n) is 3.86. The second-order valence-corrected chi connectivity index (χ2v) is 3.86. The van der Waals surface area contributed by atoms with E-state index in [1.54, 1.807) is 0 Å². The minimum atomic E-state index is -0.665. The minimum Gasteiger partial charge on any atom is -0.480 e. The van der Waals surface area contributed by atoms with Gasteiger partial charge in [0.05, 0.1) is 0 Å². The van der Waals surface area contributed by atoms with Crippen LogP contribution in [-0.2, 0) is 4.79 Å². The van der Waals surface area contributed by atoms with Gasteiger partial charge in [0.2, 0.25) is 0 Å². The van der Waals surface area contributed by atoms with Gasteiger partial charge in [0.1, 0.15) is 5.54 Å². The fourth-order valence-corrected chi connectivity index (χ4v) is 2.30. The van der Waals surface area contributed by atoms with Crippen LogP contribution in [0.4, 0.5) is 0 Å². The van der Waals surface area contributed by atoms with Crippen LogP contribution in [0.1, 0.15) is 32.6 Å². The van der Waals surface area contributed by atoms with E-state index in [-0.39, 0.29) is 0 Å². The minimum absolute atomic E-state index is 0.594. The summed E-state index contributed by atoms with van der Waals surface area (Å²) >= 11 is 0. The molecule has 14 heavy (non-hydrogen) atoms. The first-order chi connectivity index (χ1) is 6.67. The molecule has 1 fully saturated rings. The molecule has 0 aromatic heterocycles. The van der Waals surface area contributed by atoms with Gasteiger partial charge >= 0.3 is 5.97 Å². The van der Waals surface area contributed by atoms with Crippen LogP contribution in [0.25, 0.3) is 0 Å². The Morgan fingerprint density at radius 2 is 2.43 bits per heavy atom. The Labute approximate surface area is 85.4 Å². The van der Waals surface area contributed by atoms with Crippen molar-refractivity contribution in [3.05, 3.63) is 12.7 Å². The van der Waals surface area contributed by atoms with Gasteiger partial charge in [-0.05, 0) is 32.2 Å². The number of hydrogen-bond donors (Lipinski definition) is 1. The molecule has 0 aliphatic carbocycles. The SMILES string of the molecule is C=CCCN1CCCC1(CC)C(=O)O. The summed E-state index contributed by atoms with van der Waals surface area (Å²) in [4.78, 5) is 13.4. The van der Waals surface area contributed by atoms with E-state index in [1.165, 1.54) is 0 Å². The van der Waals surface area contributed by atoms with Gasteiger partial charge in [-0.2, -0.15) is 0 Å². The van der Waals surface area contributed by atoms with Crippen molar-refractivity contribution in [1.82, 2.24) is 4.90 Å². The maximum absolute atomic E-state index is 11.3. The van der Waals surface area contributed by atoms with Gasteiger partial charge in [0.25, 0.3) is 0 Å². The largest absolute Gasteiger partial charge is 0.480 e. The van der Waals surface area contributed by atoms with Gasteiger partial charge < -0.3 is 5.11 Å². The summed E-state index contributed by atoms with van der Waals surface area (Å²) in [7, 11) is 0. The Kier molecular flexibility index (Phi) is 3.69. The van der Waals surface area contributed by atoms with E-state index in [4.69, 9.17) is 0 Å². The standard InChI is InChI=1S/C11H19NO2/c1-3-5-8-12-9-6-7-11(12,4-2)10(13)14/h3H,1,4-9H2,2H3,(H,13,14). The predicted molar refractivity (Wildman–Crippen MR) is 56.3 cm³/mol. The van der Waals surface area contributed by atoms with Crippen molar-refractivity contribution in [2.75, 3.05) is 13.1 Å². The summed E-state index contributed by atoms with van der Waals surface area (Å²) in [5.41, 5.74) is -0.594. The van der Waals surface area contributed by atoms with Gasteiger partial charge in [-0.25, -0.2) is 0 Å². The van der Waals surface area contributed by atoms with Crippen LogP contribution in [0, 0.1) is 0 Å². The van der Waals surface area contributed by atoms with Crippen LogP contribution in [0.5, 0.6) is 0 Å². The average molecular weight is 197 g/mol. The fraction of sp³-hybridized carbons (Fsp3) is 0.727. The summed E-state index contributed by atoms with van der Waals surface area (Å²) in [6.07, 6.45) is 5.20. The third-order valence-corrected chi connectivity index (χ3v) is 3.21. The molecule has 1 heterocycles. The highest BCUT2D eigenvalue weighted by Gasteiger charge is 2.45. The molecule has 1 aliphatic rings. The van der Waals surface area contributed by atoms with Gasteiger partial charge in [0.15, 0.2) is 0 Å². The molecule has 0 amide bonds. The van der Waals surface area contributed by atoms with Crippen molar-refractivity contribution in [2.45, 2.75) is 38.1 Å². The topological polar surface area (TPSA) is 40.5 Å². The molecule has 0 spiro atoms. The lowest BCUT2D eigenvalue weighted by Gasteiger charge is -2.33. The van der Waals surface area contributed by atoms with E-state index in [2.05, 4.69) is 11.5 Å². The molecular weight excluding hydrogens is 178 g/mol. The number of carboxylic acid groups (broad SMARTS) is 1. The third kappa shape index (κ3) is 1.82. The Bertz CT molecular complexity index is 227. The molecule has 3 nitrogen and oxygen atoms in total. The van der Waals surface area contributed by atoms with Gasteiger partial charge in [-0.3, -0.25) is 9.69 Å². The summed E-state index contributed by atoms with van der Waals surface area (Å²) in [5, 5.41) is 9.27. The summed E-state index contributed by atoms with van der Waals surface area (Å²) in [6.45, 7) is 7.36. The maximum Gasteiger partial charge on any atom is 0.324 e. The van der Waals surface area contributed by atoms with E-state index in [0.717, 1.165) is 32.4 Å². The smallest absolute Gasteiger partial charge is 0.324 e. The maximum atomic E-state index is 11.3. The van der Waals surface area contributed by atoms with Crippen LogP contribution < -0.4 is 0 Å². The van der Waals surface area contributed by atoms with Gasteiger partial charge in [0, 0.05) is 6.54 Å². The second kappa shape index (κ2) is 4.60. The summed E-state index contributed by atoms with van der Waals surface area (Å²) in [6, 6.07) is 0. The van der Waals surface area contributed by atoms with Crippen LogP contribution in [0.15, 0.2) is 12.7 Å². The molecule has 1 N–H and O–H groups in total. The van der Waals surface area contributed by atoms with E-state index < -0.39 is 11.5 Å². The first kappa shape index (κ1) is 11.2. The number of likely N-dealkylation sites (tertiary alicyclic amines) is 1. The van der Waals surface area contributed by atoms with Gasteiger partial charge in [-0.15, -0.1) is 6.58 Å². The van der Waals surface area contributed by atoms with Crippen molar-refractivity contribution < 1.29 is 9.90 Å². The van der Waals surface area contributed by atoms with Crippen LogP contribution >= 0.6 is 0 Å². The highest BCUT2D eigenvalue weighted by Crippen LogP contribution is 2.32. The van der Waals surface area contributed by atoms with E-state index in [0.29, 0.717) is 6.42 Å². The van der Waals surface area contributed by atoms with E-state index in [1.807, 2.05) is 13.0 Å². The molecule has 1 saturated heterocycles. The van der Waals surface area contributed by atoms with Crippen molar-refractivity contribution in [1.29, 1.82) is 0 Å². The number of aliphatic carboxylic acids is 1. The van der Waals surface area contributed by atoms with Crippen LogP contribution in [-0.4, -0.2) is 34.6 Å². The highest BCUT2D eigenvalue weighted by molar-refractivity contribution is 5.79. The molecule has 0 aromatic rings. The summed E-state index contributed by atoms with van der Waals surface area (Å²) in [5.74, 6) is -0.665. The first-order valence-corrected chi connectivity index (χ1v) is 5.26. The average Bonchev–Trinajstić information content (AvgIpc) is 2.58. The van der Waals surface area contributed by atoms with Crippen molar-refractivity contribution >= 4 is 5.97 Å². The molecule has 0 saturated carbocycles. The van der Waals surface area contributed by atoms with Crippen molar-refractivity contribution in [2.24, 2.45) is 0 Å². The molecule has 0 bridgehead atoms. The summed E-state index contributed by atoms with van der Waals surface area (Å²) < 4.78 is 0. The Morgan fingerprint density at radius 3 is 2.93 bits per heavy atom. The highest BCUT2D eigenvalue weighted by atomic mass is 16.4. The molecule has 1 atom stereocenters. The number of rotatable bonds is 5. The normalized spacial score (nSPS) is 27.8. The van der Waals surface area contributed by atoms with Crippen molar-refractivity contribution in [3.63, 3.8) is 0 Å². The lowest BCUT2D eigenvalue weighted by molar-refractivity contribution is -0.150. The molecule has 1 aliphatic heterocycles.